The number of nitrogen functional groups attached to an aromatic ring is 1. The summed E-state index contributed by atoms with van der Waals surface area (Å²) in [4.78, 5) is 2.12. The zero-order chi connectivity index (χ0) is 11.1. The topological polar surface area (TPSA) is 49.5 Å². The zero-order valence-electron chi connectivity index (χ0n) is 8.89. The quantitative estimate of drug-likeness (QED) is 0.544. The van der Waals surface area contributed by atoms with Crippen LogP contribution in [-0.2, 0) is 6.54 Å². The van der Waals surface area contributed by atoms with E-state index in [2.05, 4.69) is 11.5 Å². The third kappa shape index (κ3) is 4.14. The molecule has 15 heavy (non-hydrogen) atoms. The molecular formula is C12H18N2O. The van der Waals surface area contributed by atoms with E-state index in [0.29, 0.717) is 6.54 Å². The van der Waals surface area contributed by atoms with Crippen LogP contribution in [0.2, 0.25) is 0 Å². The van der Waals surface area contributed by atoms with Gasteiger partial charge in [0.1, 0.15) is 0 Å². The monoisotopic (exact) mass is 206 g/mol. The van der Waals surface area contributed by atoms with Crippen molar-refractivity contribution in [3.05, 3.63) is 42.5 Å². The maximum absolute atomic E-state index is 8.89. The van der Waals surface area contributed by atoms with Gasteiger partial charge in [-0.15, -0.1) is 6.58 Å². The molecule has 0 atom stereocenters. The molecule has 0 radical (unpaired) electrons. The van der Waals surface area contributed by atoms with Crippen molar-refractivity contribution in [2.75, 3.05) is 25.4 Å². The van der Waals surface area contributed by atoms with Gasteiger partial charge in [0.25, 0.3) is 0 Å². The molecule has 1 aromatic rings. The molecule has 1 aromatic carbocycles. The van der Waals surface area contributed by atoms with Crippen molar-refractivity contribution in [1.29, 1.82) is 0 Å². The highest BCUT2D eigenvalue weighted by Gasteiger charge is 2.02. The number of nitrogens with two attached hydrogens (primary N) is 1. The normalized spacial score (nSPS) is 10.5. The molecule has 0 spiro atoms. The highest BCUT2D eigenvalue weighted by atomic mass is 16.3. The summed E-state index contributed by atoms with van der Waals surface area (Å²) in [5.74, 6) is 0. The van der Waals surface area contributed by atoms with E-state index in [9.17, 15) is 0 Å². The number of rotatable bonds is 6. The van der Waals surface area contributed by atoms with Gasteiger partial charge in [0.15, 0.2) is 0 Å². The predicted molar refractivity (Wildman–Crippen MR) is 63.4 cm³/mol. The van der Waals surface area contributed by atoms with Crippen molar-refractivity contribution < 1.29 is 5.11 Å². The Labute approximate surface area is 90.8 Å². The van der Waals surface area contributed by atoms with Crippen LogP contribution >= 0.6 is 0 Å². The van der Waals surface area contributed by atoms with Crippen LogP contribution in [0.5, 0.6) is 0 Å². The standard InChI is InChI=1S/C12H18N2O/c1-2-7-14(8-9-15)10-11-3-5-12(13)6-4-11/h2-6,15H,1,7-10,13H2. The Kier molecular flexibility index (Phi) is 4.87. The van der Waals surface area contributed by atoms with Crippen LogP contribution in [0.25, 0.3) is 0 Å². The van der Waals surface area contributed by atoms with Gasteiger partial charge < -0.3 is 10.8 Å². The minimum absolute atomic E-state index is 0.169. The van der Waals surface area contributed by atoms with Crippen LogP contribution in [0, 0.1) is 0 Å². The molecule has 1 rings (SSSR count). The SMILES string of the molecule is C=CCN(CCO)Cc1ccc(N)cc1. The summed E-state index contributed by atoms with van der Waals surface area (Å²) in [6.45, 7) is 6.12. The van der Waals surface area contributed by atoms with Crippen LogP contribution < -0.4 is 5.73 Å². The van der Waals surface area contributed by atoms with E-state index < -0.39 is 0 Å². The van der Waals surface area contributed by atoms with Gasteiger partial charge in [0, 0.05) is 25.3 Å². The van der Waals surface area contributed by atoms with Crippen LogP contribution in [-0.4, -0.2) is 29.7 Å². The minimum Gasteiger partial charge on any atom is -0.399 e. The highest BCUT2D eigenvalue weighted by molar-refractivity contribution is 5.39. The Morgan fingerprint density at radius 1 is 1.33 bits per heavy atom. The molecule has 0 unspecified atom stereocenters. The molecule has 82 valence electrons. The average Bonchev–Trinajstić information content (AvgIpc) is 2.22. The summed E-state index contributed by atoms with van der Waals surface area (Å²) < 4.78 is 0. The van der Waals surface area contributed by atoms with Crippen molar-refractivity contribution in [2.45, 2.75) is 6.54 Å². The van der Waals surface area contributed by atoms with Crippen LogP contribution in [0.15, 0.2) is 36.9 Å². The van der Waals surface area contributed by atoms with Gasteiger partial charge in [-0.2, -0.15) is 0 Å². The summed E-state index contributed by atoms with van der Waals surface area (Å²) in [5.41, 5.74) is 7.57. The lowest BCUT2D eigenvalue weighted by Crippen LogP contribution is -2.26. The first-order valence-corrected chi connectivity index (χ1v) is 5.05. The Morgan fingerprint density at radius 2 is 2.00 bits per heavy atom. The van der Waals surface area contributed by atoms with Crippen LogP contribution in [0.3, 0.4) is 0 Å². The fourth-order valence-electron chi connectivity index (χ4n) is 1.44. The van der Waals surface area contributed by atoms with Crippen molar-refractivity contribution >= 4 is 5.69 Å². The smallest absolute Gasteiger partial charge is 0.0558 e. The van der Waals surface area contributed by atoms with Crippen molar-refractivity contribution in [3.63, 3.8) is 0 Å². The van der Waals surface area contributed by atoms with Gasteiger partial charge in [-0.1, -0.05) is 18.2 Å². The third-order valence-corrected chi connectivity index (χ3v) is 2.19. The molecule has 0 amide bonds. The second kappa shape index (κ2) is 6.22. The van der Waals surface area contributed by atoms with E-state index in [0.717, 1.165) is 18.8 Å². The largest absolute Gasteiger partial charge is 0.399 e. The molecule has 0 aliphatic heterocycles. The molecule has 3 nitrogen and oxygen atoms in total. The van der Waals surface area contributed by atoms with E-state index in [-0.39, 0.29) is 6.61 Å². The van der Waals surface area contributed by atoms with E-state index in [4.69, 9.17) is 10.8 Å². The van der Waals surface area contributed by atoms with Gasteiger partial charge >= 0.3 is 0 Å². The van der Waals surface area contributed by atoms with Gasteiger partial charge in [0.05, 0.1) is 6.61 Å². The molecule has 0 saturated carbocycles. The molecule has 3 N–H and O–H groups in total. The number of nitrogens with zero attached hydrogens (tertiary/aromatic N) is 1. The molecule has 0 fully saturated rings. The predicted octanol–water partition coefficient (Wildman–Crippen LogP) is 1.25. The van der Waals surface area contributed by atoms with E-state index in [1.54, 1.807) is 0 Å². The lowest BCUT2D eigenvalue weighted by molar-refractivity contribution is 0.203. The van der Waals surface area contributed by atoms with E-state index in [1.807, 2.05) is 30.3 Å². The van der Waals surface area contributed by atoms with E-state index >= 15 is 0 Å². The molecule has 0 aromatic heterocycles. The molecule has 0 heterocycles. The van der Waals surface area contributed by atoms with Gasteiger partial charge in [-0.3, -0.25) is 4.90 Å². The molecular weight excluding hydrogens is 188 g/mol. The summed E-state index contributed by atoms with van der Waals surface area (Å²) in [6, 6.07) is 7.78. The molecule has 0 bridgehead atoms. The first-order valence-electron chi connectivity index (χ1n) is 5.05. The Bertz CT molecular complexity index is 295. The lowest BCUT2D eigenvalue weighted by atomic mass is 10.2. The second-order valence-electron chi connectivity index (χ2n) is 3.49. The average molecular weight is 206 g/mol. The molecule has 0 saturated heterocycles. The van der Waals surface area contributed by atoms with Crippen molar-refractivity contribution in [3.8, 4) is 0 Å². The number of aliphatic hydroxyl groups is 1. The minimum atomic E-state index is 0.169. The first kappa shape index (κ1) is 11.8. The fourth-order valence-corrected chi connectivity index (χ4v) is 1.44. The number of hydrogen-bond acceptors (Lipinski definition) is 3. The molecule has 3 heteroatoms. The first-order chi connectivity index (χ1) is 7.26. The summed E-state index contributed by atoms with van der Waals surface area (Å²) >= 11 is 0. The lowest BCUT2D eigenvalue weighted by Gasteiger charge is -2.19. The maximum Gasteiger partial charge on any atom is 0.0558 e. The Balaban J connectivity index is 2.56. The van der Waals surface area contributed by atoms with Crippen molar-refractivity contribution in [2.24, 2.45) is 0 Å². The summed E-state index contributed by atoms with van der Waals surface area (Å²) in [5, 5.41) is 8.89. The zero-order valence-corrected chi connectivity index (χ0v) is 8.89. The van der Waals surface area contributed by atoms with Gasteiger partial charge in [-0.05, 0) is 17.7 Å². The highest BCUT2D eigenvalue weighted by Crippen LogP contribution is 2.08. The Hall–Kier alpha value is -1.32. The Morgan fingerprint density at radius 3 is 2.53 bits per heavy atom. The summed E-state index contributed by atoms with van der Waals surface area (Å²) in [6.07, 6.45) is 1.84. The van der Waals surface area contributed by atoms with Crippen LogP contribution in [0.4, 0.5) is 5.69 Å². The second-order valence-corrected chi connectivity index (χ2v) is 3.49. The van der Waals surface area contributed by atoms with E-state index in [1.165, 1.54) is 5.56 Å². The fraction of sp³-hybridized carbons (Fsp3) is 0.333. The van der Waals surface area contributed by atoms with Crippen molar-refractivity contribution in [1.82, 2.24) is 4.90 Å². The maximum atomic E-state index is 8.89. The number of hydrogen-bond donors (Lipinski definition) is 2. The van der Waals surface area contributed by atoms with Crippen LogP contribution in [0.1, 0.15) is 5.56 Å². The third-order valence-electron chi connectivity index (χ3n) is 2.19. The molecule has 0 aliphatic rings. The van der Waals surface area contributed by atoms with Gasteiger partial charge in [0.2, 0.25) is 0 Å². The molecule has 0 aliphatic carbocycles. The number of anilines is 1. The number of aliphatic hydroxyl groups excluding tert-OH is 1. The summed E-state index contributed by atoms with van der Waals surface area (Å²) in [7, 11) is 0. The van der Waals surface area contributed by atoms with Gasteiger partial charge in [-0.25, -0.2) is 0 Å². The number of benzene rings is 1.